The Bertz CT molecular complexity index is 230. The quantitative estimate of drug-likeness (QED) is 0.345. The number of carboxylic acid groups (broad SMARTS) is 1. The molecule has 0 heterocycles. The van der Waals surface area contributed by atoms with Crippen LogP contribution in [-0.4, -0.2) is 66.5 Å². The first-order valence-electron chi connectivity index (χ1n) is 5.87. The molecule has 0 radical (unpaired) electrons. The van der Waals surface area contributed by atoms with Crippen molar-refractivity contribution in [2.24, 2.45) is 0 Å². The summed E-state index contributed by atoms with van der Waals surface area (Å²) in [5.74, 6) is -0.864. The second-order valence-electron chi connectivity index (χ2n) is 3.70. The normalized spacial score (nSPS) is 13.6. The minimum atomic E-state index is -2.68. The Morgan fingerprint density at radius 1 is 1.22 bits per heavy atom. The van der Waals surface area contributed by atoms with Crippen LogP contribution in [0.15, 0.2) is 0 Å². The van der Waals surface area contributed by atoms with Gasteiger partial charge in [0.25, 0.3) is 0 Å². The number of rotatable bonds is 11. The number of hydrogen-bond acceptors (Lipinski definition) is 6. The van der Waals surface area contributed by atoms with Crippen LogP contribution in [0.25, 0.3) is 0 Å². The second-order valence-corrected chi connectivity index (χ2v) is 6.83. The van der Waals surface area contributed by atoms with E-state index in [0.29, 0.717) is 13.1 Å². The van der Waals surface area contributed by atoms with Crippen LogP contribution in [-0.2, 0) is 18.1 Å². The third-order valence-electron chi connectivity index (χ3n) is 2.66. The molecular weight excluding hydrogens is 256 g/mol. The molecule has 0 fully saturated rings. The van der Waals surface area contributed by atoms with Gasteiger partial charge in [-0.05, 0) is 6.42 Å². The van der Waals surface area contributed by atoms with Crippen molar-refractivity contribution in [2.75, 3.05) is 41.0 Å². The first-order valence-corrected chi connectivity index (χ1v) is 7.67. The minimum absolute atomic E-state index is 0.0101. The zero-order chi connectivity index (χ0) is 14.0. The highest BCUT2D eigenvalue weighted by Crippen LogP contribution is 2.14. The zero-order valence-electron chi connectivity index (χ0n) is 11.5. The molecule has 0 aromatic rings. The molecule has 0 spiro atoms. The predicted octanol–water partition coefficient (Wildman–Crippen LogP) is -0.554. The van der Waals surface area contributed by atoms with Crippen molar-refractivity contribution >= 4 is 14.8 Å². The van der Waals surface area contributed by atoms with E-state index in [-0.39, 0.29) is 12.2 Å². The number of hydrogen-bond donors (Lipinski definition) is 3. The lowest BCUT2D eigenvalue weighted by atomic mass is 10.4. The topological polar surface area (TPSA) is 89.1 Å². The summed E-state index contributed by atoms with van der Waals surface area (Å²) in [5.41, 5.74) is -0.0101. The molecule has 0 saturated heterocycles. The largest absolute Gasteiger partial charge is 0.517 e. The first kappa shape index (κ1) is 17.5. The molecule has 1 atom stereocenters. The molecule has 7 nitrogen and oxygen atoms in total. The predicted molar refractivity (Wildman–Crippen MR) is 69.4 cm³/mol. The second kappa shape index (κ2) is 9.42. The maximum atomic E-state index is 10.3. The molecule has 3 N–H and O–H groups in total. The molecule has 8 heteroatoms. The third kappa shape index (κ3) is 5.42. The van der Waals surface area contributed by atoms with E-state index in [1.807, 2.05) is 6.92 Å². The van der Waals surface area contributed by atoms with Gasteiger partial charge in [0.05, 0.1) is 12.2 Å². The van der Waals surface area contributed by atoms with Crippen LogP contribution in [0.4, 0.5) is 0 Å². The maximum Gasteiger partial charge on any atom is 0.517 e. The Hall–Kier alpha value is -0.513. The monoisotopic (exact) mass is 280 g/mol. The van der Waals surface area contributed by atoms with Crippen molar-refractivity contribution in [3.8, 4) is 0 Å². The summed E-state index contributed by atoms with van der Waals surface area (Å²) in [4.78, 5) is 10.3. The molecule has 0 bridgehead atoms. The van der Waals surface area contributed by atoms with E-state index in [2.05, 4.69) is 10.6 Å². The van der Waals surface area contributed by atoms with Crippen molar-refractivity contribution in [1.82, 2.24) is 10.6 Å². The van der Waals surface area contributed by atoms with Crippen molar-refractivity contribution < 1.29 is 23.2 Å². The summed E-state index contributed by atoms with van der Waals surface area (Å²) in [6.45, 7) is 3.15. The van der Waals surface area contributed by atoms with Gasteiger partial charge in [0, 0.05) is 34.4 Å². The Labute approximate surface area is 109 Å². The minimum Gasteiger partial charge on any atom is -0.480 e. The van der Waals surface area contributed by atoms with Gasteiger partial charge in [-0.3, -0.25) is 4.79 Å². The van der Waals surface area contributed by atoms with Crippen LogP contribution >= 0.6 is 0 Å². The molecular formula is C10H24N2O5Si. The van der Waals surface area contributed by atoms with Gasteiger partial charge in [-0.1, -0.05) is 6.92 Å². The molecule has 108 valence electrons. The summed E-state index contributed by atoms with van der Waals surface area (Å²) in [5, 5.41) is 14.5. The average molecular weight is 280 g/mol. The molecule has 0 saturated carbocycles. The molecule has 0 aliphatic carbocycles. The molecule has 0 aliphatic rings. The molecule has 1 unspecified atom stereocenters. The SMILES string of the molecule is CCC(NCCNCC(=O)O)[Si](OC)(OC)OC. The van der Waals surface area contributed by atoms with Crippen molar-refractivity contribution in [1.29, 1.82) is 0 Å². The number of carboxylic acids is 1. The van der Waals surface area contributed by atoms with Crippen LogP contribution in [0.3, 0.4) is 0 Å². The van der Waals surface area contributed by atoms with Crippen LogP contribution in [0, 0.1) is 0 Å². The summed E-state index contributed by atoms with van der Waals surface area (Å²) in [6, 6.07) is 0. The molecule has 0 aromatic carbocycles. The van der Waals surface area contributed by atoms with Crippen molar-refractivity contribution in [3.05, 3.63) is 0 Å². The summed E-state index contributed by atoms with van der Waals surface area (Å²) < 4.78 is 16.2. The molecule has 18 heavy (non-hydrogen) atoms. The van der Waals surface area contributed by atoms with Gasteiger partial charge in [-0.15, -0.1) is 0 Å². The number of nitrogens with one attached hydrogen (secondary N) is 2. The molecule has 0 aliphatic heterocycles. The van der Waals surface area contributed by atoms with E-state index < -0.39 is 14.8 Å². The Kier molecular flexibility index (Phi) is 9.15. The Balaban J connectivity index is 4.12. The lowest BCUT2D eigenvalue weighted by molar-refractivity contribution is -0.135. The van der Waals surface area contributed by atoms with E-state index in [1.54, 1.807) is 21.3 Å². The highest BCUT2D eigenvalue weighted by Gasteiger charge is 2.46. The average Bonchev–Trinajstić information content (AvgIpc) is 2.38. The van der Waals surface area contributed by atoms with E-state index >= 15 is 0 Å². The summed E-state index contributed by atoms with van der Waals surface area (Å²) >= 11 is 0. The highest BCUT2D eigenvalue weighted by molar-refractivity contribution is 6.62. The Morgan fingerprint density at radius 2 is 1.78 bits per heavy atom. The van der Waals surface area contributed by atoms with Gasteiger partial charge >= 0.3 is 14.8 Å². The van der Waals surface area contributed by atoms with Gasteiger partial charge in [-0.2, -0.15) is 0 Å². The lowest BCUT2D eigenvalue weighted by Gasteiger charge is -2.32. The summed E-state index contributed by atoms with van der Waals surface area (Å²) in [7, 11) is 2.04. The van der Waals surface area contributed by atoms with Gasteiger partial charge in [0.1, 0.15) is 0 Å². The maximum absolute atomic E-state index is 10.3. The number of aliphatic carboxylic acids is 1. The van der Waals surface area contributed by atoms with Crippen LogP contribution in [0.5, 0.6) is 0 Å². The van der Waals surface area contributed by atoms with Gasteiger partial charge in [-0.25, -0.2) is 0 Å². The lowest BCUT2D eigenvalue weighted by Crippen LogP contribution is -2.60. The van der Waals surface area contributed by atoms with Crippen LogP contribution < -0.4 is 10.6 Å². The fourth-order valence-corrected chi connectivity index (χ4v) is 3.97. The van der Waals surface area contributed by atoms with Gasteiger partial charge < -0.3 is 29.0 Å². The van der Waals surface area contributed by atoms with E-state index in [4.69, 9.17) is 18.4 Å². The Morgan fingerprint density at radius 3 is 2.17 bits per heavy atom. The molecule has 0 rings (SSSR count). The summed E-state index contributed by atoms with van der Waals surface area (Å²) in [6.07, 6.45) is 0.806. The first-order chi connectivity index (χ1) is 8.56. The van der Waals surface area contributed by atoms with Crippen LogP contribution in [0.1, 0.15) is 13.3 Å². The van der Waals surface area contributed by atoms with E-state index in [9.17, 15) is 4.79 Å². The zero-order valence-corrected chi connectivity index (χ0v) is 12.5. The van der Waals surface area contributed by atoms with E-state index in [1.165, 1.54) is 0 Å². The smallest absolute Gasteiger partial charge is 0.480 e. The van der Waals surface area contributed by atoms with Gasteiger partial charge in [0.2, 0.25) is 0 Å². The van der Waals surface area contributed by atoms with Crippen LogP contribution in [0.2, 0.25) is 0 Å². The van der Waals surface area contributed by atoms with E-state index in [0.717, 1.165) is 6.42 Å². The third-order valence-corrected chi connectivity index (χ3v) is 5.83. The van der Waals surface area contributed by atoms with Crippen molar-refractivity contribution in [3.63, 3.8) is 0 Å². The number of carbonyl (C=O) groups is 1. The molecule has 0 aromatic heterocycles. The fraction of sp³-hybridized carbons (Fsp3) is 0.900. The molecule has 0 amide bonds. The highest BCUT2D eigenvalue weighted by atomic mass is 28.4. The van der Waals surface area contributed by atoms with Gasteiger partial charge in [0.15, 0.2) is 0 Å². The fourth-order valence-electron chi connectivity index (χ4n) is 1.73. The standard InChI is InChI=1S/C10H24N2O5Si/c1-5-9(18(15-2,16-3)17-4)12-7-6-11-8-10(13)14/h9,11-12H,5-8H2,1-4H3,(H,13,14). The van der Waals surface area contributed by atoms with Crippen molar-refractivity contribution in [2.45, 2.75) is 19.0 Å².